The molecule has 0 aliphatic carbocycles. The van der Waals surface area contributed by atoms with Gasteiger partial charge in [0.15, 0.2) is 0 Å². The first-order valence-corrected chi connectivity index (χ1v) is 9.11. The second-order valence-electron chi connectivity index (χ2n) is 7.22. The number of carbonyl (C=O) groups excluding carboxylic acids is 2. The maximum atomic E-state index is 13.2. The molecule has 3 rings (SSSR count). The number of anilines is 1. The van der Waals surface area contributed by atoms with Crippen LogP contribution in [0.5, 0.6) is 0 Å². The van der Waals surface area contributed by atoms with Crippen LogP contribution in [0.2, 0.25) is 5.02 Å². The highest BCUT2D eigenvalue weighted by atomic mass is 35.5. The fourth-order valence-electron chi connectivity index (χ4n) is 3.45. The van der Waals surface area contributed by atoms with E-state index in [4.69, 9.17) is 11.6 Å². The highest BCUT2D eigenvalue weighted by Gasteiger charge is 2.41. The summed E-state index contributed by atoms with van der Waals surface area (Å²) in [5.41, 5.74) is 1.94. The fourth-order valence-corrected chi connectivity index (χ4v) is 3.68. The highest BCUT2D eigenvalue weighted by molar-refractivity contribution is 6.37. The van der Waals surface area contributed by atoms with Crippen LogP contribution in [-0.2, 0) is 0 Å². The number of carboxylic acids is 1. The molecule has 0 fully saturated rings. The molecule has 1 aliphatic rings. The van der Waals surface area contributed by atoms with Crippen LogP contribution in [0.3, 0.4) is 0 Å². The van der Waals surface area contributed by atoms with Gasteiger partial charge in [-0.2, -0.15) is 0 Å². The van der Waals surface area contributed by atoms with Crippen LogP contribution in [0.4, 0.5) is 5.69 Å². The minimum absolute atomic E-state index is 0.0134. The number of aromatic carboxylic acids is 1. The van der Waals surface area contributed by atoms with E-state index in [1.807, 2.05) is 27.7 Å². The van der Waals surface area contributed by atoms with Crippen molar-refractivity contribution in [2.24, 2.45) is 0 Å². The predicted octanol–water partition coefficient (Wildman–Crippen LogP) is 5.09. The minimum Gasteiger partial charge on any atom is -0.478 e. The standard InChI is InChI=1S/C21H20ClNO4/c1-10(2)15-8-12(22)9-16(11(3)4)18(15)23-19(24)13-6-5-7-14(21(26)27)17(13)20(23)25/h5-11H,1-4H3,(H,26,27). The maximum absolute atomic E-state index is 13.2. The molecule has 6 heteroatoms. The van der Waals surface area contributed by atoms with Gasteiger partial charge in [-0.1, -0.05) is 45.4 Å². The number of amides is 2. The number of hydrogen-bond acceptors (Lipinski definition) is 3. The lowest BCUT2D eigenvalue weighted by atomic mass is 9.91. The molecule has 0 atom stereocenters. The van der Waals surface area contributed by atoms with Crippen molar-refractivity contribution in [1.29, 1.82) is 0 Å². The zero-order valence-electron chi connectivity index (χ0n) is 15.5. The minimum atomic E-state index is -1.24. The molecule has 0 unspecified atom stereocenters. The van der Waals surface area contributed by atoms with Crippen LogP contribution < -0.4 is 4.90 Å². The third-order valence-electron chi connectivity index (χ3n) is 4.75. The second kappa shape index (κ2) is 6.82. The van der Waals surface area contributed by atoms with Gasteiger partial charge in [0.1, 0.15) is 0 Å². The second-order valence-corrected chi connectivity index (χ2v) is 7.66. The Bertz CT molecular complexity index is 949. The Balaban J connectivity index is 2.30. The molecule has 0 saturated carbocycles. The first-order chi connectivity index (χ1) is 12.6. The van der Waals surface area contributed by atoms with Crippen LogP contribution >= 0.6 is 11.6 Å². The number of carbonyl (C=O) groups is 3. The largest absolute Gasteiger partial charge is 0.478 e. The first-order valence-electron chi connectivity index (χ1n) is 8.73. The summed E-state index contributed by atoms with van der Waals surface area (Å²) in [6, 6.07) is 7.82. The van der Waals surface area contributed by atoms with Gasteiger partial charge in [0.2, 0.25) is 0 Å². The number of imide groups is 1. The Morgan fingerprint density at radius 2 is 1.56 bits per heavy atom. The molecule has 1 heterocycles. The molecule has 0 radical (unpaired) electrons. The molecule has 1 aliphatic heterocycles. The molecule has 0 saturated heterocycles. The number of halogens is 1. The number of nitrogens with zero attached hydrogens (tertiary/aromatic N) is 1. The normalized spacial score (nSPS) is 13.7. The topological polar surface area (TPSA) is 74.7 Å². The molecular weight excluding hydrogens is 366 g/mol. The lowest BCUT2D eigenvalue weighted by Gasteiger charge is -2.26. The summed E-state index contributed by atoms with van der Waals surface area (Å²) in [5.74, 6) is -2.33. The van der Waals surface area contributed by atoms with E-state index >= 15 is 0 Å². The van der Waals surface area contributed by atoms with Crippen LogP contribution in [0.25, 0.3) is 0 Å². The molecule has 1 N–H and O–H groups in total. The summed E-state index contributed by atoms with van der Waals surface area (Å²) >= 11 is 6.28. The number of carboxylic acid groups (broad SMARTS) is 1. The number of fused-ring (bicyclic) bond motifs is 1. The number of hydrogen-bond donors (Lipinski definition) is 1. The molecule has 0 spiro atoms. The van der Waals surface area contributed by atoms with E-state index in [1.54, 1.807) is 12.1 Å². The van der Waals surface area contributed by atoms with Gasteiger partial charge in [0.25, 0.3) is 11.8 Å². The zero-order chi connectivity index (χ0) is 20.0. The predicted molar refractivity (Wildman–Crippen MR) is 104 cm³/mol. The monoisotopic (exact) mass is 385 g/mol. The van der Waals surface area contributed by atoms with Crippen molar-refractivity contribution in [2.45, 2.75) is 39.5 Å². The molecular formula is C21H20ClNO4. The molecule has 2 aromatic carbocycles. The van der Waals surface area contributed by atoms with Crippen molar-refractivity contribution in [3.05, 3.63) is 63.2 Å². The maximum Gasteiger partial charge on any atom is 0.336 e. The Kier molecular flexibility index (Phi) is 4.82. The van der Waals surface area contributed by atoms with Crippen LogP contribution in [0.1, 0.15) is 81.7 Å². The van der Waals surface area contributed by atoms with Crippen molar-refractivity contribution in [2.75, 3.05) is 4.90 Å². The Morgan fingerprint density at radius 1 is 1.00 bits per heavy atom. The van der Waals surface area contributed by atoms with Gasteiger partial charge in [-0.15, -0.1) is 0 Å². The SMILES string of the molecule is CC(C)c1cc(Cl)cc(C(C)C)c1N1C(=O)c2cccc(C(=O)O)c2C1=O. The first kappa shape index (κ1) is 19.1. The summed E-state index contributed by atoms with van der Waals surface area (Å²) in [6.45, 7) is 7.83. The van der Waals surface area contributed by atoms with Gasteiger partial charge in [-0.25, -0.2) is 9.69 Å². The summed E-state index contributed by atoms with van der Waals surface area (Å²) in [4.78, 5) is 38.9. The van der Waals surface area contributed by atoms with Gasteiger partial charge in [0, 0.05) is 5.02 Å². The van der Waals surface area contributed by atoms with Crippen molar-refractivity contribution in [3.63, 3.8) is 0 Å². The van der Waals surface area contributed by atoms with E-state index in [9.17, 15) is 19.5 Å². The molecule has 2 amide bonds. The van der Waals surface area contributed by atoms with Gasteiger partial charge in [-0.3, -0.25) is 9.59 Å². The molecule has 0 bridgehead atoms. The van der Waals surface area contributed by atoms with E-state index in [0.717, 1.165) is 16.0 Å². The lowest BCUT2D eigenvalue weighted by Crippen LogP contribution is -2.32. The molecule has 0 aromatic heterocycles. The summed E-state index contributed by atoms with van der Waals surface area (Å²) in [5, 5.41) is 9.97. The summed E-state index contributed by atoms with van der Waals surface area (Å²) in [6.07, 6.45) is 0. The average Bonchev–Trinajstić information content (AvgIpc) is 2.85. The third-order valence-corrected chi connectivity index (χ3v) is 4.96. The van der Waals surface area contributed by atoms with Gasteiger partial charge in [0.05, 0.1) is 22.4 Å². The smallest absolute Gasteiger partial charge is 0.336 e. The van der Waals surface area contributed by atoms with Gasteiger partial charge >= 0.3 is 5.97 Å². The third kappa shape index (κ3) is 3.02. The molecule has 2 aromatic rings. The van der Waals surface area contributed by atoms with Crippen LogP contribution in [-0.4, -0.2) is 22.9 Å². The molecule has 27 heavy (non-hydrogen) atoms. The van der Waals surface area contributed by atoms with E-state index < -0.39 is 17.8 Å². The van der Waals surface area contributed by atoms with E-state index in [2.05, 4.69) is 0 Å². The highest BCUT2D eigenvalue weighted by Crippen LogP contribution is 2.41. The van der Waals surface area contributed by atoms with Crippen LogP contribution in [0.15, 0.2) is 30.3 Å². The van der Waals surface area contributed by atoms with Crippen molar-refractivity contribution >= 4 is 35.1 Å². The fraction of sp³-hybridized carbons (Fsp3) is 0.286. The van der Waals surface area contributed by atoms with Crippen LogP contribution in [0, 0.1) is 0 Å². The molecule has 5 nitrogen and oxygen atoms in total. The summed E-state index contributed by atoms with van der Waals surface area (Å²) in [7, 11) is 0. The van der Waals surface area contributed by atoms with Crippen molar-refractivity contribution in [3.8, 4) is 0 Å². The Hall–Kier alpha value is -2.66. The molecule has 140 valence electrons. The van der Waals surface area contributed by atoms with E-state index in [0.29, 0.717) is 10.7 Å². The van der Waals surface area contributed by atoms with Crippen molar-refractivity contribution in [1.82, 2.24) is 0 Å². The Labute approximate surface area is 162 Å². The van der Waals surface area contributed by atoms with Crippen molar-refractivity contribution < 1.29 is 19.5 Å². The number of benzene rings is 2. The van der Waals surface area contributed by atoms with Gasteiger partial charge in [-0.05, 0) is 47.2 Å². The summed E-state index contributed by atoms with van der Waals surface area (Å²) < 4.78 is 0. The average molecular weight is 386 g/mol. The van der Waals surface area contributed by atoms with E-state index in [-0.39, 0.29) is 28.5 Å². The van der Waals surface area contributed by atoms with E-state index in [1.165, 1.54) is 18.2 Å². The Morgan fingerprint density at radius 3 is 2.04 bits per heavy atom. The van der Waals surface area contributed by atoms with Gasteiger partial charge < -0.3 is 5.11 Å². The number of rotatable bonds is 4. The quantitative estimate of drug-likeness (QED) is 0.744. The lowest BCUT2D eigenvalue weighted by molar-refractivity contribution is 0.0692. The zero-order valence-corrected chi connectivity index (χ0v) is 16.3.